The van der Waals surface area contributed by atoms with Gasteiger partial charge in [0.1, 0.15) is 16.9 Å². The number of benzene rings is 1. The molecule has 2 heterocycles. The lowest BCUT2D eigenvalue weighted by atomic mass is 9.45. The van der Waals surface area contributed by atoms with Gasteiger partial charge in [-0.05, 0) is 115 Å². The zero-order valence-electron chi connectivity index (χ0n) is 34.1. The topological polar surface area (TPSA) is 147 Å². The van der Waals surface area contributed by atoms with Gasteiger partial charge in [-0.3, -0.25) is 14.4 Å². The minimum atomic E-state index is -1.91. The summed E-state index contributed by atoms with van der Waals surface area (Å²) >= 11 is 0. The summed E-state index contributed by atoms with van der Waals surface area (Å²) in [7, 11) is 1.47. The van der Waals surface area contributed by atoms with Crippen molar-refractivity contribution < 1.29 is 38.5 Å². The molecular weight excluding hydrogens is 717 g/mol. The Hall–Kier alpha value is -3.61. The zero-order valence-corrected chi connectivity index (χ0v) is 34.1. The molecule has 6 aliphatic rings. The van der Waals surface area contributed by atoms with Crippen LogP contribution < -0.4 is 20.4 Å². The lowest BCUT2D eigenvalue weighted by Crippen LogP contribution is -2.64. The maximum atomic E-state index is 16.6. The van der Waals surface area contributed by atoms with Gasteiger partial charge in [-0.15, -0.1) is 0 Å². The van der Waals surface area contributed by atoms with E-state index in [9.17, 15) is 29.4 Å². The Labute approximate surface area is 328 Å². The number of piperazine rings is 1. The molecule has 1 aromatic carbocycles. The number of esters is 1. The van der Waals surface area contributed by atoms with Crippen LogP contribution >= 0.6 is 0 Å². The first-order valence-electron chi connectivity index (χ1n) is 20.7. The fourth-order valence-corrected chi connectivity index (χ4v) is 12.4. The molecule has 2 aromatic rings. The average Bonchev–Trinajstić information content (AvgIpc) is 3.93. The van der Waals surface area contributed by atoms with Gasteiger partial charge < -0.3 is 34.5 Å². The molecule has 12 heteroatoms. The third kappa shape index (κ3) is 5.51. The van der Waals surface area contributed by atoms with Crippen molar-refractivity contribution in [3.05, 3.63) is 44.5 Å². The molecular formula is C44H58FN3O8. The Morgan fingerprint density at radius 1 is 1.07 bits per heavy atom. The number of aliphatic hydroxyl groups is 2. The number of aromatic nitrogens is 1. The van der Waals surface area contributed by atoms with Crippen LogP contribution in [-0.2, 0) is 14.3 Å². The Morgan fingerprint density at radius 3 is 2.45 bits per heavy atom. The quantitative estimate of drug-likeness (QED) is 0.302. The van der Waals surface area contributed by atoms with Gasteiger partial charge in [-0.25, -0.2) is 9.18 Å². The highest BCUT2D eigenvalue weighted by Gasteiger charge is 2.70. The monoisotopic (exact) mass is 775 g/mol. The maximum Gasteiger partial charge on any atom is 0.344 e. The molecule has 8 atom stereocenters. The van der Waals surface area contributed by atoms with Crippen molar-refractivity contribution in [3.8, 4) is 5.75 Å². The van der Waals surface area contributed by atoms with E-state index in [-0.39, 0.29) is 76.1 Å². The van der Waals surface area contributed by atoms with Crippen LogP contribution in [0.3, 0.4) is 0 Å². The number of ketones is 2. The molecule has 0 bridgehead atoms. The molecule has 1 aliphatic heterocycles. The van der Waals surface area contributed by atoms with E-state index in [1.807, 2.05) is 23.3 Å². The predicted molar refractivity (Wildman–Crippen MR) is 210 cm³/mol. The van der Waals surface area contributed by atoms with Gasteiger partial charge >= 0.3 is 5.97 Å². The maximum absolute atomic E-state index is 16.6. The number of nitrogens with one attached hydrogen (secondary N) is 1. The van der Waals surface area contributed by atoms with Crippen LogP contribution in [-0.4, -0.2) is 82.4 Å². The first kappa shape index (κ1) is 39.2. The van der Waals surface area contributed by atoms with Crippen molar-refractivity contribution in [3.63, 3.8) is 0 Å². The molecule has 1 aromatic heterocycles. The first-order chi connectivity index (χ1) is 26.3. The average molecular weight is 776 g/mol. The summed E-state index contributed by atoms with van der Waals surface area (Å²) in [5.41, 5.74) is -3.77. The van der Waals surface area contributed by atoms with Crippen molar-refractivity contribution in [2.24, 2.45) is 28.6 Å². The van der Waals surface area contributed by atoms with Crippen molar-refractivity contribution in [1.82, 2.24) is 9.88 Å². The fraction of sp³-hybridized carbons (Fsp3) is 0.682. The van der Waals surface area contributed by atoms with Gasteiger partial charge in [-0.2, -0.15) is 0 Å². The number of Topliss-reactive ketones (excluding diaryl/α,β-unsaturated/α-hetero) is 1. The van der Waals surface area contributed by atoms with E-state index in [1.54, 1.807) is 19.9 Å². The number of ether oxygens (including phenoxy) is 2. The molecule has 3 N–H and O–H groups in total. The lowest BCUT2D eigenvalue weighted by molar-refractivity contribution is -0.190. The SMILES string of the molecule is COc1c(N2CCNC(C)C2)c(F)c(C)c2c(=O)c(C(=O)OC(C)(C)C(=O)[C@@]3(O)CC[C@H]4[C@@H]5CCC6=CC(=O)CC[C@]6(C)[C@H]5[C@@H](O)C[C@@]43C)c(C)n(C3CC3)c12. The predicted octanol–water partition coefficient (Wildman–Crippen LogP) is 5.64. The second kappa shape index (κ2) is 13.2. The normalized spacial score (nSPS) is 34.4. The van der Waals surface area contributed by atoms with E-state index in [0.717, 1.165) is 31.3 Å². The molecule has 1 saturated heterocycles. The Balaban J connectivity index is 1.14. The number of halogens is 1. The fourth-order valence-electron chi connectivity index (χ4n) is 12.4. The largest absolute Gasteiger partial charge is 0.492 e. The molecule has 0 radical (unpaired) electrons. The first-order valence-corrected chi connectivity index (χ1v) is 20.7. The number of anilines is 1. The van der Waals surface area contributed by atoms with Gasteiger partial charge in [-0.1, -0.05) is 19.4 Å². The third-order valence-corrected chi connectivity index (χ3v) is 15.3. The van der Waals surface area contributed by atoms with Crippen molar-refractivity contribution in [2.75, 3.05) is 31.6 Å². The van der Waals surface area contributed by atoms with E-state index in [2.05, 4.69) is 12.2 Å². The van der Waals surface area contributed by atoms with Crippen molar-refractivity contribution in [1.29, 1.82) is 0 Å². The number of nitrogens with zero attached hydrogens (tertiary/aromatic N) is 2. The molecule has 8 rings (SSSR count). The molecule has 5 fully saturated rings. The second-order valence-electron chi connectivity index (χ2n) is 18.9. The van der Waals surface area contributed by atoms with E-state index < -0.39 is 45.7 Å². The Bertz CT molecular complexity index is 2140. The van der Waals surface area contributed by atoms with Crippen LogP contribution in [0.5, 0.6) is 5.75 Å². The lowest BCUT2D eigenvalue weighted by Gasteiger charge is -2.60. The summed E-state index contributed by atoms with van der Waals surface area (Å²) in [6, 6.07) is 0.0643. The second-order valence-corrected chi connectivity index (χ2v) is 18.9. The minimum Gasteiger partial charge on any atom is -0.492 e. The molecule has 56 heavy (non-hydrogen) atoms. The highest BCUT2D eigenvalue weighted by atomic mass is 19.1. The highest BCUT2D eigenvalue weighted by molar-refractivity contribution is 6.03. The van der Waals surface area contributed by atoms with Gasteiger partial charge in [0, 0.05) is 54.8 Å². The van der Waals surface area contributed by atoms with Gasteiger partial charge in [0.15, 0.2) is 23.0 Å². The van der Waals surface area contributed by atoms with Crippen LogP contribution in [0.1, 0.15) is 120 Å². The van der Waals surface area contributed by atoms with Gasteiger partial charge in [0.2, 0.25) is 11.2 Å². The molecule has 0 amide bonds. The molecule has 11 nitrogen and oxygen atoms in total. The summed E-state index contributed by atoms with van der Waals surface area (Å²) in [6.07, 6.45) is 6.11. The molecule has 1 unspecified atom stereocenters. The summed E-state index contributed by atoms with van der Waals surface area (Å²) in [4.78, 5) is 58.0. The zero-order chi connectivity index (χ0) is 40.4. The van der Waals surface area contributed by atoms with Crippen molar-refractivity contribution in [2.45, 2.75) is 136 Å². The van der Waals surface area contributed by atoms with Crippen molar-refractivity contribution >= 4 is 34.1 Å². The standard InChI is InChI=1S/C44H58FN3O8/c1-22-21-47(18-17-46-22)36-34(45)23(2)31-35(38(36)55-8)48(26-10-11-26)24(3)32(37(31)51)39(52)56-41(4,5)40(53)44(54)16-14-29-28-12-9-25-19-27(49)13-15-42(25,6)33(28)30(50)20-43(29,44)7/h19,22,26,28-30,33,46,50,54H,9-18,20-21H2,1-8H3/t22?,28-,29-,30-,33+,42-,43-,44-/m0/s1. The van der Waals surface area contributed by atoms with E-state index in [4.69, 9.17) is 9.47 Å². The summed E-state index contributed by atoms with van der Waals surface area (Å²) in [5.74, 6) is -2.00. The molecule has 304 valence electrons. The number of rotatable bonds is 7. The van der Waals surface area contributed by atoms with Crippen LogP contribution in [0.15, 0.2) is 16.4 Å². The summed E-state index contributed by atoms with van der Waals surface area (Å²) < 4.78 is 30.4. The van der Waals surface area contributed by atoms with Gasteiger partial charge in [0.25, 0.3) is 0 Å². The number of carbonyl (C=O) groups excluding carboxylic acids is 3. The van der Waals surface area contributed by atoms with E-state index in [0.29, 0.717) is 55.8 Å². The number of allylic oxidation sites excluding steroid dienone is 1. The Kier molecular flexibility index (Phi) is 9.25. The van der Waals surface area contributed by atoms with Crippen LogP contribution in [0.4, 0.5) is 10.1 Å². The smallest absolute Gasteiger partial charge is 0.344 e. The third-order valence-electron chi connectivity index (χ3n) is 15.3. The van der Waals surface area contributed by atoms with Crippen LogP contribution in [0.2, 0.25) is 0 Å². The minimum absolute atomic E-state index is 0.0388. The summed E-state index contributed by atoms with van der Waals surface area (Å²) in [6.45, 7) is 14.0. The van der Waals surface area contributed by atoms with Crippen LogP contribution in [0.25, 0.3) is 10.9 Å². The van der Waals surface area contributed by atoms with E-state index >= 15 is 4.39 Å². The molecule has 0 spiro atoms. The number of fused-ring (bicyclic) bond motifs is 6. The Morgan fingerprint density at radius 2 is 1.79 bits per heavy atom. The van der Waals surface area contributed by atoms with Crippen LogP contribution in [0, 0.1) is 48.2 Å². The number of aryl methyl sites for hydroxylation is 1. The number of hydrogen-bond acceptors (Lipinski definition) is 10. The number of pyridine rings is 1. The number of methoxy groups -OCH3 is 1. The van der Waals surface area contributed by atoms with E-state index in [1.165, 1.54) is 21.0 Å². The highest BCUT2D eigenvalue weighted by Crippen LogP contribution is 2.68. The number of hydrogen-bond donors (Lipinski definition) is 3. The molecule has 4 saturated carbocycles. The number of carbonyl (C=O) groups is 3. The van der Waals surface area contributed by atoms with Gasteiger partial charge in [0.05, 0.1) is 24.1 Å². The number of aliphatic hydroxyl groups excluding tert-OH is 1. The molecule has 5 aliphatic carbocycles. The summed E-state index contributed by atoms with van der Waals surface area (Å²) in [5, 5.41) is 27.9.